The van der Waals surface area contributed by atoms with Crippen molar-refractivity contribution in [2.75, 3.05) is 39.3 Å². The second-order valence-corrected chi connectivity index (χ2v) is 3.23. The molecule has 1 aliphatic rings. The number of nitrogens with one attached hydrogen (secondary N) is 2. The molecule has 84 valence electrons. The van der Waals surface area contributed by atoms with Crippen molar-refractivity contribution in [3.8, 4) is 0 Å². The quantitative estimate of drug-likeness (QED) is 0.637. The predicted octanol–water partition coefficient (Wildman–Crippen LogP) is 1.14. The van der Waals surface area contributed by atoms with E-state index in [0.717, 1.165) is 39.3 Å². The number of halogens is 1. The summed E-state index contributed by atoms with van der Waals surface area (Å²) in [6.45, 7) is 6.62. The van der Waals surface area contributed by atoms with Crippen LogP contribution in [0.15, 0.2) is 0 Å². The molecule has 0 aromatic rings. The zero-order chi connectivity index (χ0) is 8.49. The van der Waals surface area contributed by atoms with Gasteiger partial charge in [-0.2, -0.15) is 0 Å². The first-order chi connectivity index (χ1) is 6.00. The van der Waals surface area contributed by atoms with Crippen LogP contribution in [-0.4, -0.2) is 39.3 Å². The maximum absolute atomic E-state index is 4.42. The summed E-state index contributed by atoms with van der Waals surface area (Å²) in [7, 11) is 0. The molecule has 0 bridgehead atoms. The van der Waals surface area contributed by atoms with Crippen molar-refractivity contribution in [2.45, 2.75) is 19.3 Å². The van der Waals surface area contributed by atoms with Gasteiger partial charge in [0.1, 0.15) is 0 Å². The van der Waals surface area contributed by atoms with E-state index in [0.29, 0.717) is 0 Å². The van der Waals surface area contributed by atoms with E-state index < -0.39 is 0 Å². The molecule has 5 heteroatoms. The molecule has 1 aliphatic heterocycles. The second-order valence-electron chi connectivity index (χ2n) is 3.23. The van der Waals surface area contributed by atoms with E-state index in [4.69, 9.17) is 0 Å². The smallest absolute Gasteiger partial charge is 0 e. The molecular weight excluding hydrogens is 233 g/mol. The third-order valence-electron chi connectivity index (χ3n) is 2.05. The summed E-state index contributed by atoms with van der Waals surface area (Å²) in [5.74, 6) is 0. The molecule has 1 heterocycles. The topological polar surface area (TPSA) is 38.2 Å². The molecule has 0 aromatic carbocycles. The summed E-state index contributed by atoms with van der Waals surface area (Å²) in [5.41, 5.74) is 0. The van der Waals surface area contributed by atoms with Crippen LogP contribution in [-0.2, 0) is 21.7 Å². The van der Waals surface area contributed by atoms with Crippen LogP contribution in [0.2, 0.25) is 0 Å². The van der Waals surface area contributed by atoms with Gasteiger partial charge in [-0.25, -0.2) is 0 Å². The Hall–Kier alpha value is 0.884. The summed E-state index contributed by atoms with van der Waals surface area (Å²) < 4.78 is 0. The van der Waals surface area contributed by atoms with E-state index >= 15 is 0 Å². The van der Waals surface area contributed by atoms with Gasteiger partial charge in [0.25, 0.3) is 0 Å². The van der Waals surface area contributed by atoms with Gasteiger partial charge in [-0.3, -0.25) is 0 Å². The van der Waals surface area contributed by atoms with Gasteiger partial charge in [0.05, 0.1) is 0 Å². The molecule has 1 saturated heterocycles. The third-order valence-corrected chi connectivity index (χ3v) is 2.05. The molecule has 0 unspecified atom stereocenters. The first kappa shape index (κ1) is 17.3. The van der Waals surface area contributed by atoms with E-state index in [9.17, 15) is 0 Å². The van der Waals surface area contributed by atoms with Crippen molar-refractivity contribution in [3.05, 3.63) is 5.32 Å². The molecule has 2 N–H and O–H groups in total. The predicted molar refractivity (Wildman–Crippen MR) is 59.9 cm³/mol. The van der Waals surface area contributed by atoms with E-state index in [1.165, 1.54) is 19.3 Å². The zero-order valence-corrected chi connectivity index (χ0v) is 11.1. The van der Waals surface area contributed by atoms with Crippen LogP contribution in [0.25, 0.3) is 5.32 Å². The van der Waals surface area contributed by atoms with Gasteiger partial charge >= 0.3 is 0 Å². The normalized spacial score (nSPS) is 20.6. The Morgan fingerprint density at radius 2 is 1.14 bits per heavy atom. The van der Waals surface area contributed by atoms with Crippen molar-refractivity contribution >= 4 is 12.4 Å². The maximum atomic E-state index is 4.42. The first-order valence-electron chi connectivity index (χ1n) is 5.05. The van der Waals surface area contributed by atoms with Crippen molar-refractivity contribution in [1.29, 1.82) is 0 Å². The van der Waals surface area contributed by atoms with Crippen molar-refractivity contribution in [2.24, 2.45) is 0 Å². The number of hydrogen-bond acceptors (Lipinski definition) is 2. The minimum absolute atomic E-state index is 0. The monoisotopic (exact) mass is 254 g/mol. The van der Waals surface area contributed by atoms with Crippen LogP contribution in [0.3, 0.4) is 0 Å². The van der Waals surface area contributed by atoms with E-state index in [1.807, 2.05) is 0 Å². The van der Waals surface area contributed by atoms with E-state index in [2.05, 4.69) is 16.0 Å². The summed E-state index contributed by atoms with van der Waals surface area (Å²) in [6, 6.07) is 0. The molecule has 14 heavy (non-hydrogen) atoms. The van der Waals surface area contributed by atoms with Crippen molar-refractivity contribution < 1.29 is 21.7 Å². The van der Waals surface area contributed by atoms with Gasteiger partial charge < -0.3 is 16.0 Å². The van der Waals surface area contributed by atoms with E-state index in [-0.39, 0.29) is 34.1 Å². The Kier molecular flexibility index (Phi) is 17.1. The van der Waals surface area contributed by atoms with Crippen LogP contribution in [0.4, 0.5) is 0 Å². The zero-order valence-electron chi connectivity index (χ0n) is 8.72. The molecule has 0 amide bonds. The number of hydrogen-bond donors (Lipinski definition) is 2. The molecule has 0 spiro atoms. The van der Waals surface area contributed by atoms with Crippen LogP contribution in [0.1, 0.15) is 19.3 Å². The van der Waals surface area contributed by atoms with Gasteiger partial charge in [0.2, 0.25) is 0 Å². The number of rotatable bonds is 0. The Morgan fingerprint density at radius 3 is 1.64 bits per heavy atom. The van der Waals surface area contributed by atoms with Crippen molar-refractivity contribution in [3.63, 3.8) is 0 Å². The summed E-state index contributed by atoms with van der Waals surface area (Å²) in [4.78, 5) is 0. The third kappa shape index (κ3) is 11.0. The van der Waals surface area contributed by atoms with Crippen LogP contribution >= 0.6 is 12.4 Å². The molecule has 0 atom stereocenters. The molecule has 1 fully saturated rings. The standard InChI is InChI=1S/C9H20N3.ClH.Ti/c1-4-10-6-2-8-12-9-3-7-11-5-1;;/h10-11H,1-9H2;1H;/q-1;;. The molecule has 3 nitrogen and oxygen atoms in total. The van der Waals surface area contributed by atoms with Gasteiger partial charge in [-0.15, -0.1) is 25.5 Å². The summed E-state index contributed by atoms with van der Waals surface area (Å²) in [5, 5.41) is 11.2. The largest absolute Gasteiger partial charge is 0.662 e. The Morgan fingerprint density at radius 1 is 0.714 bits per heavy atom. The Balaban J connectivity index is 0. The fraction of sp³-hybridized carbons (Fsp3) is 1.00. The maximum Gasteiger partial charge on any atom is 0 e. The van der Waals surface area contributed by atoms with Crippen molar-refractivity contribution in [1.82, 2.24) is 10.6 Å². The van der Waals surface area contributed by atoms with Crippen LogP contribution in [0, 0.1) is 0 Å². The van der Waals surface area contributed by atoms with Crippen LogP contribution < -0.4 is 10.6 Å². The van der Waals surface area contributed by atoms with Gasteiger partial charge in [-0.05, 0) is 32.6 Å². The number of nitrogens with zero attached hydrogens (tertiary/aromatic N) is 1. The molecule has 0 aromatic heterocycles. The molecular formula is C9H21ClN3Ti-. The SMILES string of the molecule is C1C[N-]CCCNCCCNC1.Cl.[Ti]. The molecule has 0 aliphatic carbocycles. The van der Waals surface area contributed by atoms with E-state index in [1.54, 1.807) is 0 Å². The molecule has 0 saturated carbocycles. The second kappa shape index (κ2) is 13.9. The average molecular weight is 255 g/mol. The van der Waals surface area contributed by atoms with Gasteiger partial charge in [0, 0.05) is 21.7 Å². The Labute approximate surface area is 108 Å². The van der Waals surface area contributed by atoms with Gasteiger partial charge in [-0.1, -0.05) is 12.8 Å². The molecule has 0 radical (unpaired) electrons. The van der Waals surface area contributed by atoms with Gasteiger partial charge in [0.15, 0.2) is 0 Å². The fourth-order valence-electron chi connectivity index (χ4n) is 1.33. The summed E-state index contributed by atoms with van der Waals surface area (Å²) >= 11 is 0. The minimum Gasteiger partial charge on any atom is -0.662 e. The first-order valence-corrected chi connectivity index (χ1v) is 5.05. The summed E-state index contributed by atoms with van der Waals surface area (Å²) in [6.07, 6.45) is 3.65. The minimum atomic E-state index is 0. The Bertz CT molecular complexity index is 63.0. The van der Waals surface area contributed by atoms with Crippen LogP contribution in [0.5, 0.6) is 0 Å². The average Bonchev–Trinajstić information content (AvgIpc) is 2.05. The molecule has 1 rings (SSSR count). The fourth-order valence-corrected chi connectivity index (χ4v) is 1.33.